The average Bonchev–Trinajstić information content (AvgIpc) is 3.37. The first-order valence-corrected chi connectivity index (χ1v) is 9.83. The summed E-state index contributed by atoms with van der Waals surface area (Å²) in [5.41, 5.74) is 1.76. The van der Waals surface area contributed by atoms with Gasteiger partial charge in [-0.05, 0) is 25.0 Å². The van der Waals surface area contributed by atoms with Crippen LogP contribution in [-0.4, -0.2) is 47.9 Å². The molecule has 0 unspecified atom stereocenters. The second-order valence-electron chi connectivity index (χ2n) is 5.83. The molecule has 9 nitrogen and oxygen atoms in total. The number of benzene rings is 1. The van der Waals surface area contributed by atoms with E-state index in [2.05, 4.69) is 24.3 Å². The fraction of sp³-hybridized carbons (Fsp3) is 0.400. The van der Waals surface area contributed by atoms with Crippen molar-refractivity contribution < 1.29 is 9.53 Å². The Balaban J connectivity index is 1.40. The van der Waals surface area contributed by atoms with Crippen molar-refractivity contribution in [3.8, 4) is 0 Å². The van der Waals surface area contributed by atoms with Gasteiger partial charge < -0.3 is 10.1 Å². The fourth-order valence-electron chi connectivity index (χ4n) is 2.79. The Hall–Kier alpha value is -2.24. The lowest BCUT2D eigenvalue weighted by molar-refractivity contribution is -0.113. The number of nitrogens with zero attached hydrogens (tertiary/aromatic N) is 4. The number of anilines is 1. The molecule has 136 valence electrons. The predicted octanol–water partition coefficient (Wildman–Crippen LogP) is 1.49. The second kappa shape index (κ2) is 7.56. The number of hydrogen-bond donors (Lipinski definition) is 2. The topological polar surface area (TPSA) is 115 Å². The summed E-state index contributed by atoms with van der Waals surface area (Å²) in [6, 6.07) is 5.45. The van der Waals surface area contributed by atoms with Crippen LogP contribution in [0.3, 0.4) is 0 Å². The number of rotatable bonds is 6. The van der Waals surface area contributed by atoms with E-state index < -0.39 is 0 Å². The number of aromatic nitrogens is 5. The SMILES string of the molecule is O=C(CSc1n[nH]c(=O)n1C[C@H]1CCCO1)Nc1cccc2nsnc12. The van der Waals surface area contributed by atoms with Crippen LogP contribution < -0.4 is 11.0 Å². The van der Waals surface area contributed by atoms with Crippen molar-refractivity contribution in [2.75, 3.05) is 17.7 Å². The molecule has 1 fully saturated rings. The summed E-state index contributed by atoms with van der Waals surface area (Å²) in [6.45, 7) is 1.17. The van der Waals surface area contributed by atoms with Gasteiger partial charge in [-0.1, -0.05) is 17.8 Å². The zero-order valence-electron chi connectivity index (χ0n) is 13.7. The first kappa shape index (κ1) is 17.2. The van der Waals surface area contributed by atoms with E-state index in [1.54, 1.807) is 6.07 Å². The molecule has 0 saturated carbocycles. The highest BCUT2D eigenvalue weighted by Crippen LogP contribution is 2.22. The molecule has 1 atom stereocenters. The first-order valence-electron chi connectivity index (χ1n) is 8.11. The van der Waals surface area contributed by atoms with E-state index in [0.29, 0.717) is 22.9 Å². The number of carbonyl (C=O) groups excluding carboxylic acids is 1. The van der Waals surface area contributed by atoms with Crippen LogP contribution in [0.5, 0.6) is 0 Å². The van der Waals surface area contributed by atoms with Gasteiger partial charge in [0.25, 0.3) is 0 Å². The minimum atomic E-state index is -0.290. The molecule has 3 heterocycles. The van der Waals surface area contributed by atoms with Gasteiger partial charge in [0.05, 0.1) is 35.8 Å². The zero-order valence-corrected chi connectivity index (χ0v) is 15.3. The summed E-state index contributed by atoms with van der Waals surface area (Å²) < 4.78 is 15.4. The van der Waals surface area contributed by atoms with Crippen LogP contribution in [0.4, 0.5) is 5.69 Å². The quantitative estimate of drug-likeness (QED) is 0.611. The Labute approximate surface area is 156 Å². The van der Waals surface area contributed by atoms with Gasteiger partial charge in [-0.25, -0.2) is 9.89 Å². The van der Waals surface area contributed by atoms with Gasteiger partial charge in [-0.2, -0.15) is 8.75 Å². The molecule has 26 heavy (non-hydrogen) atoms. The van der Waals surface area contributed by atoms with E-state index in [9.17, 15) is 9.59 Å². The van der Waals surface area contributed by atoms with Gasteiger partial charge in [0.2, 0.25) is 5.91 Å². The highest BCUT2D eigenvalue weighted by atomic mass is 32.2. The van der Waals surface area contributed by atoms with Gasteiger partial charge in [0.15, 0.2) is 5.16 Å². The molecule has 2 N–H and O–H groups in total. The molecule has 3 aromatic rings. The molecule has 0 spiro atoms. The van der Waals surface area contributed by atoms with Crippen molar-refractivity contribution in [3.05, 3.63) is 28.7 Å². The van der Waals surface area contributed by atoms with Crippen molar-refractivity contribution in [2.45, 2.75) is 30.6 Å². The van der Waals surface area contributed by atoms with Crippen LogP contribution in [0.2, 0.25) is 0 Å². The van der Waals surface area contributed by atoms with E-state index in [1.807, 2.05) is 12.1 Å². The summed E-state index contributed by atoms with van der Waals surface area (Å²) in [5, 5.41) is 9.76. The van der Waals surface area contributed by atoms with Gasteiger partial charge in [0.1, 0.15) is 11.0 Å². The lowest BCUT2D eigenvalue weighted by Crippen LogP contribution is -2.25. The van der Waals surface area contributed by atoms with E-state index >= 15 is 0 Å². The summed E-state index contributed by atoms with van der Waals surface area (Å²) in [7, 11) is 0. The maximum absolute atomic E-state index is 12.3. The standard InChI is InChI=1S/C15H16N6O3S2/c22-12(16-10-4-1-5-11-13(10)20-26-19-11)8-25-15-18-17-14(23)21(15)7-9-3-2-6-24-9/h1,4-5,9H,2-3,6-8H2,(H,16,22)(H,17,23)/t9-/m1/s1. The highest BCUT2D eigenvalue weighted by Gasteiger charge is 2.20. The van der Waals surface area contributed by atoms with Gasteiger partial charge in [0, 0.05) is 6.61 Å². The number of carbonyl (C=O) groups is 1. The lowest BCUT2D eigenvalue weighted by Gasteiger charge is -2.11. The molecule has 1 aromatic carbocycles. The van der Waals surface area contributed by atoms with Gasteiger partial charge >= 0.3 is 5.69 Å². The predicted molar refractivity (Wildman–Crippen MR) is 98.6 cm³/mol. The Bertz CT molecular complexity index is 975. The van der Waals surface area contributed by atoms with Crippen molar-refractivity contribution in [1.82, 2.24) is 23.5 Å². The number of nitrogens with one attached hydrogen (secondary N) is 2. The Morgan fingerprint density at radius 1 is 1.46 bits per heavy atom. The van der Waals surface area contributed by atoms with Gasteiger partial charge in [-0.3, -0.25) is 9.36 Å². The number of thioether (sulfide) groups is 1. The van der Waals surface area contributed by atoms with E-state index in [0.717, 1.165) is 36.7 Å². The molecule has 1 aliphatic heterocycles. The monoisotopic (exact) mass is 392 g/mol. The minimum absolute atomic E-state index is 0.0215. The van der Waals surface area contributed by atoms with E-state index in [4.69, 9.17) is 4.74 Å². The Kier molecular flexibility index (Phi) is 5.00. The molecule has 2 aromatic heterocycles. The number of H-pyrrole nitrogens is 1. The third kappa shape index (κ3) is 3.64. The fourth-order valence-corrected chi connectivity index (χ4v) is 4.10. The number of fused-ring (bicyclic) bond motifs is 1. The molecule has 4 rings (SSSR count). The highest BCUT2D eigenvalue weighted by molar-refractivity contribution is 7.99. The molecule has 1 aliphatic rings. The smallest absolute Gasteiger partial charge is 0.344 e. The van der Waals surface area contributed by atoms with Crippen LogP contribution in [-0.2, 0) is 16.1 Å². The van der Waals surface area contributed by atoms with Crippen molar-refractivity contribution in [2.24, 2.45) is 0 Å². The third-order valence-corrected chi connectivity index (χ3v) is 5.54. The van der Waals surface area contributed by atoms with E-state index in [1.165, 1.54) is 16.3 Å². The molecule has 0 radical (unpaired) electrons. The van der Waals surface area contributed by atoms with E-state index in [-0.39, 0.29) is 23.5 Å². The number of hydrogen-bond acceptors (Lipinski definition) is 8. The second-order valence-corrected chi connectivity index (χ2v) is 7.30. The number of ether oxygens (including phenoxy) is 1. The normalized spacial score (nSPS) is 17.0. The maximum Gasteiger partial charge on any atom is 0.344 e. The lowest BCUT2D eigenvalue weighted by atomic mass is 10.2. The zero-order chi connectivity index (χ0) is 17.9. The average molecular weight is 392 g/mol. The van der Waals surface area contributed by atoms with Crippen molar-refractivity contribution in [3.63, 3.8) is 0 Å². The van der Waals surface area contributed by atoms with Crippen LogP contribution >= 0.6 is 23.5 Å². The molecule has 1 amide bonds. The molecular formula is C15H16N6O3S2. The molecule has 11 heteroatoms. The summed E-state index contributed by atoms with van der Waals surface area (Å²) in [5.74, 6) is -0.0707. The van der Waals surface area contributed by atoms with Crippen molar-refractivity contribution >= 4 is 46.1 Å². The first-order chi connectivity index (χ1) is 12.7. The summed E-state index contributed by atoms with van der Waals surface area (Å²) in [4.78, 5) is 24.2. The Morgan fingerprint density at radius 2 is 2.38 bits per heavy atom. The summed E-state index contributed by atoms with van der Waals surface area (Å²) >= 11 is 2.31. The third-order valence-electron chi connectivity index (χ3n) is 4.03. The van der Waals surface area contributed by atoms with Crippen LogP contribution in [0.25, 0.3) is 11.0 Å². The van der Waals surface area contributed by atoms with Crippen LogP contribution in [0, 0.1) is 0 Å². The molecule has 0 aliphatic carbocycles. The van der Waals surface area contributed by atoms with Crippen LogP contribution in [0.15, 0.2) is 28.2 Å². The van der Waals surface area contributed by atoms with Crippen molar-refractivity contribution in [1.29, 1.82) is 0 Å². The maximum atomic E-state index is 12.3. The minimum Gasteiger partial charge on any atom is -0.376 e. The molecule has 1 saturated heterocycles. The molecular weight excluding hydrogens is 376 g/mol. The largest absolute Gasteiger partial charge is 0.376 e. The Morgan fingerprint density at radius 3 is 3.23 bits per heavy atom. The van der Waals surface area contributed by atoms with Gasteiger partial charge in [-0.15, -0.1) is 5.10 Å². The number of aromatic amines is 1. The number of amides is 1. The van der Waals surface area contributed by atoms with Crippen LogP contribution in [0.1, 0.15) is 12.8 Å². The molecule has 0 bridgehead atoms. The summed E-state index contributed by atoms with van der Waals surface area (Å²) in [6.07, 6.45) is 1.95.